The maximum atomic E-state index is 13.1. The molecule has 1 fully saturated rings. The summed E-state index contributed by atoms with van der Waals surface area (Å²) in [5.74, 6) is 1.37. The molecule has 4 heteroatoms. The summed E-state index contributed by atoms with van der Waals surface area (Å²) >= 11 is 3.55. The first-order valence-electron chi connectivity index (χ1n) is 9.31. The summed E-state index contributed by atoms with van der Waals surface area (Å²) in [7, 11) is 1.69. The van der Waals surface area contributed by atoms with Crippen LogP contribution in [0.5, 0.6) is 5.75 Å². The van der Waals surface area contributed by atoms with Gasteiger partial charge in [-0.1, -0.05) is 53.2 Å². The van der Waals surface area contributed by atoms with E-state index >= 15 is 0 Å². The molecule has 0 aromatic heterocycles. The highest BCUT2D eigenvalue weighted by atomic mass is 79.9. The van der Waals surface area contributed by atoms with Crippen molar-refractivity contribution in [1.29, 1.82) is 0 Å². The Balaban J connectivity index is 1.79. The topological polar surface area (TPSA) is 29.5 Å². The lowest BCUT2D eigenvalue weighted by Crippen LogP contribution is -2.31. The van der Waals surface area contributed by atoms with Crippen molar-refractivity contribution < 1.29 is 9.53 Å². The van der Waals surface area contributed by atoms with E-state index in [4.69, 9.17) is 4.74 Å². The summed E-state index contributed by atoms with van der Waals surface area (Å²) < 4.78 is 6.57. The van der Waals surface area contributed by atoms with Gasteiger partial charge in [-0.25, -0.2) is 0 Å². The number of carbonyl (C=O) groups excluding carboxylic acids is 1. The molecule has 0 saturated carbocycles. The molecule has 3 nitrogen and oxygen atoms in total. The lowest BCUT2D eigenvalue weighted by atomic mass is 9.92. The Morgan fingerprint density at radius 3 is 2.73 bits per heavy atom. The number of methoxy groups -OCH3 is 1. The number of carbonyl (C=O) groups is 1. The van der Waals surface area contributed by atoms with Gasteiger partial charge in [0.1, 0.15) is 5.75 Å². The number of nitrogens with zero attached hydrogens (tertiary/aromatic N) is 1. The van der Waals surface area contributed by atoms with Crippen LogP contribution in [0.4, 0.5) is 0 Å². The summed E-state index contributed by atoms with van der Waals surface area (Å²) in [5.41, 5.74) is 2.35. The van der Waals surface area contributed by atoms with Gasteiger partial charge in [-0.05, 0) is 48.9 Å². The average molecular weight is 416 g/mol. The van der Waals surface area contributed by atoms with Gasteiger partial charge in [0.2, 0.25) is 5.91 Å². The molecule has 2 aromatic carbocycles. The molecule has 3 rings (SSSR count). The number of hydrogen-bond donors (Lipinski definition) is 0. The van der Waals surface area contributed by atoms with Crippen molar-refractivity contribution in [1.82, 2.24) is 4.90 Å². The highest BCUT2D eigenvalue weighted by Crippen LogP contribution is 2.39. The van der Waals surface area contributed by atoms with Crippen molar-refractivity contribution >= 4 is 21.8 Å². The number of ether oxygens (including phenoxy) is 1. The molecule has 2 aromatic rings. The first-order chi connectivity index (χ1) is 12.6. The predicted molar refractivity (Wildman–Crippen MR) is 108 cm³/mol. The van der Waals surface area contributed by atoms with Gasteiger partial charge < -0.3 is 9.64 Å². The number of hydrogen-bond acceptors (Lipinski definition) is 2. The maximum absolute atomic E-state index is 13.1. The van der Waals surface area contributed by atoms with E-state index < -0.39 is 0 Å². The van der Waals surface area contributed by atoms with Gasteiger partial charge in [0, 0.05) is 23.0 Å². The van der Waals surface area contributed by atoms with E-state index in [-0.39, 0.29) is 17.9 Å². The van der Waals surface area contributed by atoms with Gasteiger partial charge in [0.25, 0.3) is 0 Å². The van der Waals surface area contributed by atoms with Crippen molar-refractivity contribution in [2.45, 2.75) is 44.6 Å². The van der Waals surface area contributed by atoms with Crippen molar-refractivity contribution in [3.63, 3.8) is 0 Å². The van der Waals surface area contributed by atoms with Gasteiger partial charge in [0.15, 0.2) is 0 Å². The second-order valence-electron chi connectivity index (χ2n) is 6.85. The molecule has 2 atom stereocenters. The third-order valence-electron chi connectivity index (χ3n) is 5.31. The van der Waals surface area contributed by atoms with Crippen LogP contribution in [0.25, 0.3) is 0 Å². The molecule has 138 valence electrons. The third-order valence-corrected chi connectivity index (χ3v) is 5.80. The van der Waals surface area contributed by atoms with E-state index in [2.05, 4.69) is 46.0 Å². The fraction of sp³-hybridized carbons (Fsp3) is 0.409. The number of rotatable bonds is 6. The Bertz CT molecular complexity index is 747. The Hall–Kier alpha value is -1.81. The second kappa shape index (κ2) is 8.72. The van der Waals surface area contributed by atoms with Gasteiger partial charge >= 0.3 is 0 Å². The van der Waals surface area contributed by atoms with Crippen LogP contribution in [0.2, 0.25) is 0 Å². The largest absolute Gasteiger partial charge is 0.496 e. The first kappa shape index (κ1) is 19.0. The SMILES string of the molecule is CCC(CC(=O)N1CCCC1c1cc(Br)ccc1OC)c1ccccc1. The van der Waals surface area contributed by atoms with Crippen molar-refractivity contribution in [3.05, 3.63) is 64.1 Å². The monoisotopic (exact) mass is 415 g/mol. The van der Waals surface area contributed by atoms with Crippen LogP contribution in [-0.4, -0.2) is 24.5 Å². The van der Waals surface area contributed by atoms with Crippen LogP contribution in [0.1, 0.15) is 55.7 Å². The Kier molecular flexibility index (Phi) is 6.36. The summed E-state index contributed by atoms with van der Waals surface area (Å²) in [5, 5.41) is 0. The molecule has 2 unspecified atom stereocenters. The molecule has 0 bridgehead atoms. The minimum absolute atomic E-state index is 0.100. The van der Waals surface area contributed by atoms with E-state index in [0.717, 1.165) is 41.6 Å². The zero-order valence-corrected chi connectivity index (χ0v) is 17.0. The molecule has 1 amide bonds. The predicted octanol–water partition coefficient (Wildman–Crippen LogP) is 5.71. The molecule has 0 radical (unpaired) electrons. The molecule has 1 saturated heterocycles. The standard InChI is InChI=1S/C22H26BrNO2/c1-3-16(17-8-5-4-6-9-17)14-22(25)24-13-7-10-20(24)19-15-18(23)11-12-21(19)26-2/h4-6,8-9,11-12,15-16,20H,3,7,10,13-14H2,1-2H3. The van der Waals surface area contributed by atoms with Crippen molar-refractivity contribution in [2.75, 3.05) is 13.7 Å². The molecule has 0 spiro atoms. The summed E-state index contributed by atoms with van der Waals surface area (Å²) in [6.45, 7) is 2.98. The Labute approximate surface area is 164 Å². The molecule has 1 aliphatic rings. The smallest absolute Gasteiger partial charge is 0.223 e. The molecule has 1 heterocycles. The lowest BCUT2D eigenvalue weighted by molar-refractivity contribution is -0.132. The quantitative estimate of drug-likeness (QED) is 0.604. The fourth-order valence-corrected chi connectivity index (χ4v) is 4.28. The second-order valence-corrected chi connectivity index (χ2v) is 7.77. The van der Waals surface area contributed by atoms with E-state index in [0.29, 0.717) is 6.42 Å². The highest BCUT2D eigenvalue weighted by Gasteiger charge is 2.32. The summed E-state index contributed by atoms with van der Waals surface area (Å²) in [4.78, 5) is 15.2. The maximum Gasteiger partial charge on any atom is 0.223 e. The van der Waals surface area contributed by atoms with Crippen molar-refractivity contribution in [3.8, 4) is 5.75 Å². The van der Waals surface area contributed by atoms with Gasteiger partial charge in [0.05, 0.1) is 13.2 Å². The van der Waals surface area contributed by atoms with Crippen LogP contribution < -0.4 is 4.74 Å². The third kappa shape index (κ3) is 4.12. The number of benzene rings is 2. The number of halogens is 1. The average Bonchev–Trinajstić information content (AvgIpc) is 3.16. The molecule has 1 aliphatic heterocycles. The number of likely N-dealkylation sites (tertiary alicyclic amines) is 1. The minimum atomic E-state index is 0.100. The zero-order valence-electron chi connectivity index (χ0n) is 15.5. The van der Waals surface area contributed by atoms with Gasteiger partial charge in [-0.3, -0.25) is 4.79 Å². The zero-order chi connectivity index (χ0) is 18.5. The van der Waals surface area contributed by atoms with Gasteiger partial charge in [-0.2, -0.15) is 0 Å². The van der Waals surface area contributed by atoms with E-state index in [1.807, 2.05) is 30.3 Å². The van der Waals surface area contributed by atoms with Gasteiger partial charge in [-0.15, -0.1) is 0 Å². The van der Waals surface area contributed by atoms with E-state index in [9.17, 15) is 4.79 Å². The first-order valence-corrected chi connectivity index (χ1v) is 10.1. The van der Waals surface area contributed by atoms with Crippen LogP contribution >= 0.6 is 15.9 Å². The highest BCUT2D eigenvalue weighted by molar-refractivity contribution is 9.10. The van der Waals surface area contributed by atoms with Crippen molar-refractivity contribution in [2.24, 2.45) is 0 Å². The summed E-state index contributed by atoms with van der Waals surface area (Å²) in [6.07, 6.45) is 3.55. The van der Waals surface area contributed by atoms with E-state index in [1.165, 1.54) is 5.56 Å². The molecule has 26 heavy (non-hydrogen) atoms. The molecule has 0 aliphatic carbocycles. The van der Waals surface area contributed by atoms with E-state index in [1.54, 1.807) is 7.11 Å². The summed E-state index contributed by atoms with van der Waals surface area (Å²) in [6, 6.07) is 16.5. The normalized spacial score (nSPS) is 18.0. The van der Waals surface area contributed by atoms with Crippen LogP contribution in [0, 0.1) is 0 Å². The fourth-order valence-electron chi connectivity index (χ4n) is 3.91. The molecule has 0 N–H and O–H groups in total. The molecular weight excluding hydrogens is 390 g/mol. The minimum Gasteiger partial charge on any atom is -0.496 e. The van der Waals surface area contributed by atoms with Crippen LogP contribution in [-0.2, 0) is 4.79 Å². The molecular formula is C22H26BrNO2. The lowest BCUT2D eigenvalue weighted by Gasteiger charge is -2.28. The number of amides is 1. The Morgan fingerprint density at radius 2 is 2.04 bits per heavy atom. The Morgan fingerprint density at radius 1 is 1.27 bits per heavy atom. The van der Waals surface area contributed by atoms with Crippen LogP contribution in [0.3, 0.4) is 0 Å². The van der Waals surface area contributed by atoms with Crippen LogP contribution in [0.15, 0.2) is 53.0 Å².